The van der Waals surface area contributed by atoms with Crippen LogP contribution in [-0.2, 0) is 21.4 Å². The maximum atomic E-state index is 14.0. The molecule has 3 atom stereocenters. The van der Waals surface area contributed by atoms with Crippen molar-refractivity contribution >= 4 is 44.5 Å². The summed E-state index contributed by atoms with van der Waals surface area (Å²) in [5, 5.41) is 33.6. The van der Waals surface area contributed by atoms with Crippen molar-refractivity contribution < 1.29 is 39.1 Å². The van der Waals surface area contributed by atoms with Crippen LogP contribution in [0.1, 0.15) is 32.4 Å². The molecule has 0 saturated heterocycles. The molecule has 3 aromatic carbocycles. The van der Waals surface area contributed by atoms with Gasteiger partial charge in [-0.15, -0.1) is 0 Å². The number of nitrogens with zero attached hydrogens (tertiary/aromatic N) is 1. The highest BCUT2D eigenvalue weighted by Gasteiger charge is 2.60. The minimum absolute atomic E-state index is 0.170. The Morgan fingerprint density at radius 1 is 1.15 bits per heavy atom. The zero-order valence-corrected chi connectivity index (χ0v) is 22.1. The van der Waals surface area contributed by atoms with E-state index in [1.54, 1.807) is 17.7 Å². The third kappa shape index (κ3) is 3.82. The van der Waals surface area contributed by atoms with Gasteiger partial charge in [-0.05, 0) is 36.8 Å². The molecule has 2 heterocycles. The number of rotatable bonds is 5. The van der Waals surface area contributed by atoms with E-state index in [9.17, 15) is 29.7 Å². The van der Waals surface area contributed by atoms with Crippen molar-refractivity contribution in [2.24, 2.45) is 13.0 Å². The van der Waals surface area contributed by atoms with Crippen molar-refractivity contribution in [3.05, 3.63) is 58.3 Å². The van der Waals surface area contributed by atoms with E-state index in [1.165, 1.54) is 27.0 Å². The van der Waals surface area contributed by atoms with Crippen LogP contribution in [0, 0.1) is 5.92 Å². The zero-order chi connectivity index (χ0) is 28.4. The lowest BCUT2D eigenvalue weighted by atomic mass is 9.69. The van der Waals surface area contributed by atoms with Gasteiger partial charge in [0.25, 0.3) is 0 Å². The van der Waals surface area contributed by atoms with Crippen LogP contribution in [0.25, 0.3) is 32.6 Å². The van der Waals surface area contributed by atoms with Crippen molar-refractivity contribution in [3.63, 3.8) is 0 Å². The summed E-state index contributed by atoms with van der Waals surface area (Å²) in [6.45, 7) is 3.05. The number of aromatic nitrogens is 1. The summed E-state index contributed by atoms with van der Waals surface area (Å²) in [4.78, 5) is 38.7. The number of aliphatic hydroxyl groups excluding tert-OH is 1. The van der Waals surface area contributed by atoms with Gasteiger partial charge in [-0.2, -0.15) is 0 Å². The molecule has 1 aliphatic heterocycles. The van der Waals surface area contributed by atoms with Gasteiger partial charge in [0.1, 0.15) is 23.2 Å². The first-order valence-electron chi connectivity index (χ1n) is 12.3. The number of ether oxygens (including phenoxy) is 3. The molecule has 0 radical (unpaired) electrons. The summed E-state index contributed by atoms with van der Waals surface area (Å²) in [5.41, 5.74) is -3.50. The average molecular weight is 536 g/mol. The molecule has 4 aromatic rings. The number of aliphatic carboxylic acids is 1. The minimum Gasteiger partial charge on any atom is -0.496 e. The second-order valence-electron chi connectivity index (χ2n) is 10.4. The number of methoxy groups -OCH3 is 1. The minimum atomic E-state index is -2.75. The summed E-state index contributed by atoms with van der Waals surface area (Å²) in [5.74, 6) is -3.53. The second-order valence-corrected chi connectivity index (χ2v) is 10.4. The zero-order valence-electron chi connectivity index (χ0n) is 22.1. The molecular formula is C29H29NO9. The molecule has 204 valence electrons. The van der Waals surface area contributed by atoms with Crippen LogP contribution < -0.4 is 14.9 Å². The fraction of sp³-hybridized carbons (Fsp3) is 0.345. The molecule has 0 amide bonds. The summed E-state index contributed by atoms with van der Waals surface area (Å²) in [6, 6.07) is 12.8. The molecular weight excluding hydrogens is 506 g/mol. The Morgan fingerprint density at radius 2 is 1.79 bits per heavy atom. The molecule has 0 bridgehead atoms. The molecule has 39 heavy (non-hydrogen) atoms. The standard InChI is InChI=1S/C29H29NO9/c1-14(32)38-25-22-20(39-28(2,3)26(25)29(36,13-31)27(34)35)12-19(37-5)21-23(22)30(4)18-11-16-9-7-6-8-15(16)10-17(18)24(21)33/h6-12,25-26,31,36H,13H2,1-5H3,(H,34,35). The highest BCUT2D eigenvalue weighted by molar-refractivity contribution is 6.04. The van der Waals surface area contributed by atoms with E-state index in [1.807, 2.05) is 30.3 Å². The van der Waals surface area contributed by atoms with Gasteiger partial charge < -0.3 is 34.1 Å². The van der Waals surface area contributed by atoms with Crippen LogP contribution in [0.2, 0.25) is 0 Å². The van der Waals surface area contributed by atoms with E-state index < -0.39 is 41.8 Å². The first kappa shape index (κ1) is 26.5. The van der Waals surface area contributed by atoms with Gasteiger partial charge in [0.05, 0.1) is 41.6 Å². The van der Waals surface area contributed by atoms with Crippen molar-refractivity contribution in [2.45, 2.75) is 38.1 Å². The molecule has 0 spiro atoms. The molecule has 10 nitrogen and oxygen atoms in total. The highest BCUT2D eigenvalue weighted by Crippen LogP contribution is 2.53. The maximum Gasteiger partial charge on any atom is 0.338 e. The van der Waals surface area contributed by atoms with E-state index in [4.69, 9.17) is 14.2 Å². The first-order chi connectivity index (χ1) is 18.4. The van der Waals surface area contributed by atoms with Crippen LogP contribution in [0.5, 0.6) is 11.5 Å². The molecule has 3 N–H and O–H groups in total. The Hall–Kier alpha value is -4.15. The lowest BCUT2D eigenvalue weighted by Gasteiger charge is -2.49. The third-order valence-electron chi connectivity index (χ3n) is 7.65. The van der Waals surface area contributed by atoms with Crippen LogP contribution >= 0.6 is 0 Å². The van der Waals surface area contributed by atoms with E-state index in [2.05, 4.69) is 0 Å². The van der Waals surface area contributed by atoms with Crippen molar-refractivity contribution in [1.82, 2.24) is 4.57 Å². The molecule has 0 fully saturated rings. The molecule has 0 saturated carbocycles. The highest BCUT2D eigenvalue weighted by atomic mass is 16.6. The number of hydrogen-bond acceptors (Lipinski definition) is 8. The number of carbonyl (C=O) groups excluding carboxylic acids is 1. The van der Waals surface area contributed by atoms with E-state index in [0.29, 0.717) is 10.9 Å². The summed E-state index contributed by atoms with van der Waals surface area (Å²) in [6.07, 6.45) is -1.41. The van der Waals surface area contributed by atoms with E-state index >= 15 is 0 Å². The first-order valence-corrected chi connectivity index (χ1v) is 12.3. The van der Waals surface area contributed by atoms with Crippen LogP contribution in [0.3, 0.4) is 0 Å². The topological polar surface area (TPSA) is 145 Å². The normalized spacial score (nSPS) is 19.8. The van der Waals surface area contributed by atoms with Crippen molar-refractivity contribution in [2.75, 3.05) is 13.7 Å². The van der Waals surface area contributed by atoms with Crippen LogP contribution in [0.4, 0.5) is 0 Å². The molecule has 5 rings (SSSR count). The largest absolute Gasteiger partial charge is 0.496 e. The molecule has 0 aliphatic carbocycles. The number of hydrogen-bond donors (Lipinski definition) is 3. The smallest absolute Gasteiger partial charge is 0.338 e. The quantitative estimate of drug-likeness (QED) is 0.259. The fourth-order valence-electron chi connectivity index (χ4n) is 5.98. The average Bonchev–Trinajstić information content (AvgIpc) is 2.88. The Morgan fingerprint density at radius 3 is 2.36 bits per heavy atom. The third-order valence-corrected chi connectivity index (χ3v) is 7.65. The Kier molecular flexibility index (Phi) is 6.08. The second kappa shape index (κ2) is 8.96. The van der Waals surface area contributed by atoms with E-state index in [0.717, 1.165) is 17.7 Å². The van der Waals surface area contributed by atoms with Crippen molar-refractivity contribution in [3.8, 4) is 11.5 Å². The number of fused-ring (bicyclic) bond motifs is 5. The van der Waals surface area contributed by atoms with Gasteiger partial charge in [0.2, 0.25) is 5.43 Å². The maximum absolute atomic E-state index is 14.0. The number of aliphatic hydroxyl groups is 2. The lowest BCUT2D eigenvalue weighted by molar-refractivity contribution is -0.208. The number of esters is 1. The fourth-order valence-corrected chi connectivity index (χ4v) is 5.98. The van der Waals surface area contributed by atoms with Gasteiger partial charge >= 0.3 is 11.9 Å². The summed E-state index contributed by atoms with van der Waals surface area (Å²) in [7, 11) is 3.15. The molecule has 1 aliphatic rings. The monoisotopic (exact) mass is 535 g/mol. The lowest BCUT2D eigenvalue weighted by Crippen LogP contribution is -2.62. The van der Waals surface area contributed by atoms with Gasteiger partial charge in [0, 0.05) is 25.4 Å². The Balaban J connectivity index is 1.99. The van der Waals surface area contributed by atoms with Crippen molar-refractivity contribution in [1.29, 1.82) is 0 Å². The van der Waals surface area contributed by atoms with Gasteiger partial charge in [0.15, 0.2) is 5.60 Å². The molecule has 1 aromatic heterocycles. The molecule has 3 unspecified atom stereocenters. The Labute approximate surface area is 222 Å². The number of pyridine rings is 1. The van der Waals surface area contributed by atoms with E-state index in [-0.39, 0.29) is 33.4 Å². The number of carbonyl (C=O) groups is 2. The number of carboxylic acid groups (broad SMARTS) is 1. The summed E-state index contributed by atoms with van der Waals surface area (Å²) >= 11 is 0. The van der Waals surface area contributed by atoms with Gasteiger partial charge in [-0.1, -0.05) is 24.3 Å². The number of benzene rings is 3. The van der Waals surface area contributed by atoms with Crippen LogP contribution in [-0.4, -0.2) is 56.7 Å². The predicted octanol–water partition coefficient (Wildman–Crippen LogP) is 3.05. The van der Waals surface area contributed by atoms with Crippen LogP contribution in [0.15, 0.2) is 47.3 Å². The van der Waals surface area contributed by atoms with Gasteiger partial charge in [-0.3, -0.25) is 9.59 Å². The Bertz CT molecular complexity index is 1740. The predicted molar refractivity (Wildman–Crippen MR) is 143 cm³/mol. The molecule has 10 heteroatoms. The van der Waals surface area contributed by atoms with Gasteiger partial charge in [-0.25, -0.2) is 4.79 Å². The number of carboxylic acids is 1. The number of aryl methyl sites for hydroxylation is 1. The summed E-state index contributed by atoms with van der Waals surface area (Å²) < 4.78 is 19.3. The SMILES string of the molecule is COc1cc2c(c3c1c(=O)c1cc4ccccc4cc1n3C)C(OC(C)=O)C(C(O)(CO)C(=O)O)C(C)(C)O2.